The van der Waals surface area contributed by atoms with E-state index >= 15 is 0 Å². The fraction of sp³-hybridized carbons (Fsp3) is 0.625. The third-order valence-electron chi connectivity index (χ3n) is 1.28. The van der Waals surface area contributed by atoms with E-state index in [-0.39, 0.29) is 18.9 Å². The van der Waals surface area contributed by atoms with Gasteiger partial charge < -0.3 is 10.1 Å². The zero-order chi connectivity index (χ0) is 10.3. The van der Waals surface area contributed by atoms with E-state index in [9.17, 15) is 9.59 Å². The number of hydrogen-bond donors (Lipinski definition) is 1. The van der Waals surface area contributed by atoms with Crippen molar-refractivity contribution in [3.63, 3.8) is 0 Å². The van der Waals surface area contributed by atoms with Crippen molar-refractivity contribution in [1.29, 1.82) is 5.26 Å². The molecule has 1 unspecified atom stereocenters. The van der Waals surface area contributed by atoms with E-state index in [0.29, 0.717) is 0 Å². The van der Waals surface area contributed by atoms with Crippen LogP contribution in [-0.2, 0) is 14.3 Å². The molecule has 72 valence electrons. The lowest BCUT2D eigenvalue weighted by atomic mass is 10.3. The molecule has 0 heterocycles. The monoisotopic (exact) mass is 184 g/mol. The molecule has 0 saturated carbocycles. The highest BCUT2D eigenvalue weighted by Gasteiger charge is 2.20. The van der Waals surface area contributed by atoms with Crippen LogP contribution in [0.25, 0.3) is 0 Å². The molecule has 0 saturated heterocycles. The zero-order valence-corrected chi connectivity index (χ0v) is 7.66. The summed E-state index contributed by atoms with van der Waals surface area (Å²) in [5.74, 6) is -1.06. The van der Waals surface area contributed by atoms with Crippen molar-refractivity contribution in [2.75, 3.05) is 6.61 Å². The Balaban J connectivity index is 4.12. The largest absolute Gasteiger partial charge is 0.464 e. The van der Waals surface area contributed by atoms with E-state index in [0.717, 1.165) is 0 Å². The maximum Gasteiger partial charge on any atom is 0.343 e. The van der Waals surface area contributed by atoms with E-state index in [1.165, 1.54) is 0 Å². The SMILES string of the molecule is CCOC(=O)C(C#N)NC(=O)CC. The van der Waals surface area contributed by atoms with Crippen LogP contribution >= 0.6 is 0 Å². The van der Waals surface area contributed by atoms with Gasteiger partial charge in [0.2, 0.25) is 11.9 Å². The van der Waals surface area contributed by atoms with Crippen molar-refractivity contribution in [3.8, 4) is 6.07 Å². The Kier molecular flexibility index (Phi) is 5.28. The summed E-state index contributed by atoms with van der Waals surface area (Å²) >= 11 is 0. The lowest BCUT2D eigenvalue weighted by Crippen LogP contribution is -2.40. The van der Waals surface area contributed by atoms with Gasteiger partial charge >= 0.3 is 5.97 Å². The molecule has 1 atom stereocenters. The molecule has 0 radical (unpaired) electrons. The van der Waals surface area contributed by atoms with E-state index in [4.69, 9.17) is 5.26 Å². The summed E-state index contributed by atoms with van der Waals surface area (Å²) in [5.41, 5.74) is 0. The number of esters is 1. The Labute approximate surface area is 76.7 Å². The first-order valence-electron chi connectivity index (χ1n) is 4.01. The van der Waals surface area contributed by atoms with Gasteiger partial charge in [-0.25, -0.2) is 4.79 Å². The van der Waals surface area contributed by atoms with Crippen LogP contribution in [0.15, 0.2) is 0 Å². The average molecular weight is 184 g/mol. The van der Waals surface area contributed by atoms with Gasteiger partial charge in [0.05, 0.1) is 12.7 Å². The van der Waals surface area contributed by atoms with Gasteiger partial charge in [-0.05, 0) is 6.92 Å². The minimum Gasteiger partial charge on any atom is -0.464 e. The second kappa shape index (κ2) is 6.00. The maximum atomic E-state index is 11.0. The van der Waals surface area contributed by atoms with Gasteiger partial charge in [-0.1, -0.05) is 6.92 Å². The molecular weight excluding hydrogens is 172 g/mol. The summed E-state index contributed by atoms with van der Waals surface area (Å²) in [6.07, 6.45) is 0.234. The van der Waals surface area contributed by atoms with Crippen molar-refractivity contribution in [3.05, 3.63) is 0 Å². The van der Waals surface area contributed by atoms with Gasteiger partial charge in [-0.2, -0.15) is 5.26 Å². The number of rotatable bonds is 4. The lowest BCUT2D eigenvalue weighted by Gasteiger charge is -2.08. The fourth-order valence-electron chi connectivity index (χ4n) is 0.633. The number of amides is 1. The van der Waals surface area contributed by atoms with Gasteiger partial charge in [0, 0.05) is 6.42 Å². The van der Waals surface area contributed by atoms with E-state index in [2.05, 4.69) is 10.1 Å². The van der Waals surface area contributed by atoms with Crippen molar-refractivity contribution in [2.24, 2.45) is 0 Å². The molecule has 5 nitrogen and oxygen atoms in total. The predicted molar refractivity (Wildman–Crippen MR) is 44.5 cm³/mol. The number of carbonyl (C=O) groups is 2. The molecule has 0 rings (SSSR count). The van der Waals surface area contributed by atoms with Crippen molar-refractivity contribution in [1.82, 2.24) is 5.32 Å². The topological polar surface area (TPSA) is 79.2 Å². The van der Waals surface area contributed by atoms with Crippen molar-refractivity contribution in [2.45, 2.75) is 26.3 Å². The molecule has 0 bridgehead atoms. The van der Waals surface area contributed by atoms with Gasteiger partial charge in [0.25, 0.3) is 0 Å². The smallest absolute Gasteiger partial charge is 0.343 e. The fourth-order valence-corrected chi connectivity index (χ4v) is 0.633. The summed E-state index contributed by atoms with van der Waals surface area (Å²) in [5, 5.41) is 10.7. The summed E-state index contributed by atoms with van der Waals surface area (Å²) in [6, 6.07) is 0.458. The zero-order valence-electron chi connectivity index (χ0n) is 7.66. The van der Waals surface area contributed by atoms with Crippen LogP contribution in [0.3, 0.4) is 0 Å². The molecule has 1 amide bonds. The number of nitrogens with one attached hydrogen (secondary N) is 1. The minimum atomic E-state index is -1.19. The summed E-state index contributed by atoms with van der Waals surface area (Å²) in [6.45, 7) is 3.46. The first-order chi connectivity index (χ1) is 6.15. The number of nitriles is 1. The molecule has 0 fully saturated rings. The molecule has 0 aliphatic carbocycles. The van der Waals surface area contributed by atoms with Crippen LogP contribution in [0.4, 0.5) is 0 Å². The molecular formula is C8H12N2O3. The Morgan fingerprint density at radius 1 is 1.54 bits per heavy atom. The molecule has 0 aliphatic heterocycles. The maximum absolute atomic E-state index is 11.0. The number of nitrogens with zero attached hydrogens (tertiary/aromatic N) is 1. The molecule has 13 heavy (non-hydrogen) atoms. The highest BCUT2D eigenvalue weighted by Crippen LogP contribution is 1.89. The second-order valence-corrected chi connectivity index (χ2v) is 2.24. The lowest BCUT2D eigenvalue weighted by molar-refractivity contribution is -0.145. The highest BCUT2D eigenvalue weighted by atomic mass is 16.5. The van der Waals surface area contributed by atoms with Gasteiger partial charge in [-0.15, -0.1) is 0 Å². The first kappa shape index (κ1) is 11.4. The van der Waals surface area contributed by atoms with Crippen molar-refractivity contribution >= 4 is 11.9 Å². The van der Waals surface area contributed by atoms with Crippen molar-refractivity contribution < 1.29 is 14.3 Å². The Bertz CT molecular complexity index is 232. The third-order valence-corrected chi connectivity index (χ3v) is 1.28. The van der Waals surface area contributed by atoms with Gasteiger partial charge in [-0.3, -0.25) is 4.79 Å². The standard InChI is InChI=1S/C8H12N2O3/c1-3-7(11)10-6(5-9)8(12)13-4-2/h6H,3-4H2,1-2H3,(H,10,11). The van der Waals surface area contributed by atoms with Gasteiger partial charge in [0.1, 0.15) is 0 Å². The van der Waals surface area contributed by atoms with Crippen LogP contribution in [0.2, 0.25) is 0 Å². The molecule has 0 aliphatic rings. The number of carbonyl (C=O) groups excluding carboxylic acids is 2. The summed E-state index contributed by atoms with van der Waals surface area (Å²) < 4.78 is 4.56. The Morgan fingerprint density at radius 3 is 2.54 bits per heavy atom. The first-order valence-corrected chi connectivity index (χ1v) is 4.01. The van der Waals surface area contributed by atoms with E-state index in [1.807, 2.05) is 0 Å². The molecule has 0 aromatic carbocycles. The predicted octanol–water partition coefficient (Wildman–Crippen LogP) is -0.0321. The number of hydrogen-bond acceptors (Lipinski definition) is 4. The molecule has 5 heteroatoms. The van der Waals surface area contributed by atoms with Crippen LogP contribution in [0.1, 0.15) is 20.3 Å². The van der Waals surface area contributed by atoms with E-state index in [1.54, 1.807) is 19.9 Å². The van der Waals surface area contributed by atoms with Crippen LogP contribution in [-0.4, -0.2) is 24.5 Å². The van der Waals surface area contributed by atoms with Crippen LogP contribution < -0.4 is 5.32 Å². The summed E-state index contributed by atoms with van der Waals surface area (Å²) in [4.78, 5) is 21.8. The molecule has 0 aromatic rings. The number of ether oxygens (including phenoxy) is 1. The molecule has 1 N–H and O–H groups in total. The Morgan fingerprint density at radius 2 is 2.15 bits per heavy atom. The van der Waals surface area contributed by atoms with Crippen LogP contribution in [0, 0.1) is 11.3 Å². The summed E-state index contributed by atoms with van der Waals surface area (Å²) in [7, 11) is 0. The van der Waals surface area contributed by atoms with E-state index < -0.39 is 12.0 Å². The quantitative estimate of drug-likeness (QED) is 0.622. The van der Waals surface area contributed by atoms with Gasteiger partial charge in [0.15, 0.2) is 0 Å². The highest BCUT2D eigenvalue weighted by molar-refractivity contribution is 5.86. The normalized spacial score (nSPS) is 11.2. The molecule has 0 aromatic heterocycles. The molecule has 0 spiro atoms. The third kappa shape index (κ3) is 4.11. The Hall–Kier alpha value is -1.57. The minimum absolute atomic E-state index is 0.193. The van der Waals surface area contributed by atoms with Crippen LogP contribution in [0.5, 0.6) is 0 Å². The second-order valence-electron chi connectivity index (χ2n) is 2.24. The average Bonchev–Trinajstić information content (AvgIpc) is 2.14.